The van der Waals surface area contributed by atoms with Crippen LogP contribution >= 0.6 is 0 Å². The highest BCUT2D eigenvalue weighted by Gasteiger charge is 2.52. The number of urea groups is 1. The zero-order valence-electron chi connectivity index (χ0n) is 19.3. The standard InChI is InChI=1S/C22H31N5O6S/c1-33-18-9-8-16(34(31,32)26-12-6-3-7-13-26)14-17(18)23-15-19(28)25-27-20(29)22(24-21(27)30)10-4-2-5-11-22/h8-9,14,23H,2-7,10-13,15H2,1H3,(H,24,30)(H,25,28). The van der Waals surface area contributed by atoms with Gasteiger partial charge in [-0.05, 0) is 43.9 Å². The minimum atomic E-state index is -3.67. The third-order valence-electron chi connectivity index (χ3n) is 6.67. The van der Waals surface area contributed by atoms with Gasteiger partial charge < -0.3 is 15.4 Å². The van der Waals surface area contributed by atoms with Gasteiger partial charge in [-0.1, -0.05) is 25.7 Å². The van der Waals surface area contributed by atoms with E-state index in [0.29, 0.717) is 37.4 Å². The Kier molecular flexibility index (Phi) is 6.99. The number of imide groups is 1. The van der Waals surface area contributed by atoms with Crippen LogP contribution in [0.2, 0.25) is 0 Å². The van der Waals surface area contributed by atoms with Gasteiger partial charge in [0.1, 0.15) is 11.3 Å². The Labute approximate surface area is 199 Å². The predicted molar refractivity (Wildman–Crippen MR) is 123 cm³/mol. The molecule has 2 saturated heterocycles. The Morgan fingerprint density at radius 1 is 1.09 bits per heavy atom. The molecule has 1 aliphatic carbocycles. The van der Waals surface area contributed by atoms with E-state index in [4.69, 9.17) is 4.74 Å². The molecule has 0 aromatic heterocycles. The fourth-order valence-corrected chi connectivity index (χ4v) is 6.34. The first kappa shape index (κ1) is 24.3. The van der Waals surface area contributed by atoms with Crippen molar-refractivity contribution >= 4 is 33.6 Å². The SMILES string of the molecule is COc1ccc(S(=O)(=O)N2CCCCC2)cc1NCC(=O)NN1C(=O)NC2(CCCCC2)C1=O. The second-order valence-electron chi connectivity index (χ2n) is 8.93. The van der Waals surface area contributed by atoms with Crippen molar-refractivity contribution in [2.45, 2.75) is 61.8 Å². The van der Waals surface area contributed by atoms with E-state index < -0.39 is 33.4 Å². The van der Waals surface area contributed by atoms with Gasteiger partial charge in [-0.3, -0.25) is 15.0 Å². The predicted octanol–water partition coefficient (Wildman–Crippen LogP) is 1.57. The molecule has 3 fully saturated rings. The normalized spacial score (nSPS) is 20.8. The topological polar surface area (TPSA) is 137 Å². The number of benzene rings is 1. The Balaban J connectivity index is 1.42. The third-order valence-corrected chi connectivity index (χ3v) is 8.56. The van der Waals surface area contributed by atoms with Gasteiger partial charge in [-0.15, -0.1) is 0 Å². The van der Waals surface area contributed by atoms with Gasteiger partial charge in [0.05, 0.1) is 24.2 Å². The molecule has 0 atom stereocenters. The summed E-state index contributed by atoms with van der Waals surface area (Å²) in [7, 11) is -2.23. The Morgan fingerprint density at radius 3 is 2.44 bits per heavy atom. The van der Waals surface area contributed by atoms with E-state index in [1.165, 1.54) is 29.6 Å². The number of hydrogen-bond acceptors (Lipinski definition) is 7. The first-order valence-corrected chi connectivity index (χ1v) is 13.1. The van der Waals surface area contributed by atoms with Crippen LogP contribution in [-0.2, 0) is 19.6 Å². The van der Waals surface area contributed by atoms with Crippen molar-refractivity contribution in [2.75, 3.05) is 32.1 Å². The molecule has 1 spiro atoms. The van der Waals surface area contributed by atoms with Crippen molar-refractivity contribution in [2.24, 2.45) is 0 Å². The number of carbonyl (C=O) groups excluding carboxylic acids is 3. The molecule has 0 radical (unpaired) electrons. The van der Waals surface area contributed by atoms with Gasteiger partial charge in [-0.2, -0.15) is 9.31 Å². The number of amides is 4. The Morgan fingerprint density at radius 2 is 1.76 bits per heavy atom. The van der Waals surface area contributed by atoms with Crippen molar-refractivity contribution in [1.29, 1.82) is 0 Å². The van der Waals surface area contributed by atoms with Crippen molar-refractivity contribution in [3.05, 3.63) is 18.2 Å². The number of anilines is 1. The lowest BCUT2D eigenvalue weighted by atomic mass is 9.82. The monoisotopic (exact) mass is 493 g/mol. The van der Waals surface area contributed by atoms with E-state index in [1.807, 2.05) is 0 Å². The summed E-state index contributed by atoms with van der Waals surface area (Å²) in [6.45, 7) is 0.660. The highest BCUT2D eigenvalue weighted by molar-refractivity contribution is 7.89. The van der Waals surface area contributed by atoms with Crippen LogP contribution in [0.1, 0.15) is 51.4 Å². The molecule has 3 N–H and O–H groups in total. The average Bonchev–Trinajstić information content (AvgIpc) is 3.07. The molecule has 186 valence electrons. The number of methoxy groups -OCH3 is 1. The second-order valence-corrected chi connectivity index (χ2v) is 10.9. The van der Waals surface area contributed by atoms with Crippen LogP contribution in [0.5, 0.6) is 5.75 Å². The molecule has 3 aliphatic rings. The smallest absolute Gasteiger partial charge is 0.344 e. The van der Waals surface area contributed by atoms with Crippen LogP contribution in [0.25, 0.3) is 0 Å². The first-order valence-electron chi connectivity index (χ1n) is 11.7. The maximum atomic E-state index is 13.0. The molecule has 4 rings (SSSR count). The summed E-state index contributed by atoms with van der Waals surface area (Å²) in [5, 5.41) is 6.34. The number of piperidine rings is 1. The zero-order valence-corrected chi connectivity index (χ0v) is 20.1. The molecular formula is C22H31N5O6S. The van der Waals surface area contributed by atoms with Gasteiger partial charge in [0.25, 0.3) is 11.8 Å². The number of rotatable bonds is 7. The highest BCUT2D eigenvalue weighted by Crippen LogP contribution is 2.33. The fourth-order valence-electron chi connectivity index (χ4n) is 4.80. The van der Waals surface area contributed by atoms with Gasteiger partial charge in [-0.25, -0.2) is 13.2 Å². The van der Waals surface area contributed by atoms with E-state index in [-0.39, 0.29) is 11.4 Å². The summed E-state index contributed by atoms with van der Waals surface area (Å²) >= 11 is 0. The van der Waals surface area contributed by atoms with Crippen LogP contribution < -0.4 is 20.8 Å². The second kappa shape index (κ2) is 9.79. The van der Waals surface area contributed by atoms with Crippen LogP contribution in [0.4, 0.5) is 10.5 Å². The lowest BCUT2D eigenvalue weighted by Gasteiger charge is -2.30. The van der Waals surface area contributed by atoms with Crippen LogP contribution in [-0.4, -0.2) is 67.9 Å². The molecule has 11 nitrogen and oxygen atoms in total. The molecule has 12 heteroatoms. The average molecular weight is 494 g/mol. The highest BCUT2D eigenvalue weighted by atomic mass is 32.2. The zero-order chi connectivity index (χ0) is 24.3. The summed E-state index contributed by atoms with van der Waals surface area (Å²) in [5.74, 6) is -0.706. The summed E-state index contributed by atoms with van der Waals surface area (Å²) in [4.78, 5) is 37.8. The summed E-state index contributed by atoms with van der Waals surface area (Å²) in [5.41, 5.74) is 1.74. The Bertz CT molecular complexity index is 1060. The fraction of sp³-hybridized carbons (Fsp3) is 0.591. The van der Waals surface area contributed by atoms with E-state index in [0.717, 1.165) is 43.5 Å². The summed E-state index contributed by atoms with van der Waals surface area (Å²) in [6, 6.07) is 3.79. The number of hydrazine groups is 1. The number of sulfonamides is 1. The van der Waals surface area contributed by atoms with Crippen LogP contribution in [0.15, 0.2) is 23.1 Å². The maximum Gasteiger partial charge on any atom is 0.344 e. The largest absolute Gasteiger partial charge is 0.495 e. The quantitative estimate of drug-likeness (QED) is 0.490. The molecule has 0 bridgehead atoms. The van der Waals surface area contributed by atoms with Gasteiger partial charge in [0, 0.05) is 13.1 Å². The number of carbonyl (C=O) groups is 3. The third kappa shape index (κ3) is 4.69. The Hall–Kier alpha value is -2.86. The maximum absolute atomic E-state index is 13.0. The minimum absolute atomic E-state index is 0.103. The number of ether oxygens (including phenoxy) is 1. The van der Waals surface area contributed by atoms with Crippen LogP contribution in [0, 0.1) is 0 Å². The molecule has 4 amide bonds. The molecule has 2 aliphatic heterocycles. The van der Waals surface area contributed by atoms with Crippen LogP contribution in [0.3, 0.4) is 0 Å². The van der Waals surface area contributed by atoms with Gasteiger partial charge in [0.2, 0.25) is 10.0 Å². The van der Waals surface area contributed by atoms with E-state index in [1.54, 1.807) is 0 Å². The summed E-state index contributed by atoms with van der Waals surface area (Å²) in [6.07, 6.45) is 6.45. The van der Waals surface area contributed by atoms with E-state index in [9.17, 15) is 22.8 Å². The molecule has 1 saturated carbocycles. The molecule has 2 heterocycles. The van der Waals surface area contributed by atoms with Crippen molar-refractivity contribution in [1.82, 2.24) is 20.1 Å². The number of nitrogens with zero attached hydrogens (tertiary/aromatic N) is 2. The molecule has 0 unspecified atom stereocenters. The molecule has 34 heavy (non-hydrogen) atoms. The van der Waals surface area contributed by atoms with Crippen molar-refractivity contribution in [3.63, 3.8) is 0 Å². The lowest BCUT2D eigenvalue weighted by molar-refractivity contribution is -0.139. The molecule has 1 aromatic carbocycles. The number of hydrogen-bond donors (Lipinski definition) is 3. The van der Waals surface area contributed by atoms with Gasteiger partial charge in [0.15, 0.2) is 0 Å². The van der Waals surface area contributed by atoms with Gasteiger partial charge >= 0.3 is 6.03 Å². The first-order chi connectivity index (χ1) is 16.3. The van der Waals surface area contributed by atoms with Crippen molar-refractivity contribution < 1.29 is 27.5 Å². The molecular weight excluding hydrogens is 462 g/mol. The van der Waals surface area contributed by atoms with E-state index >= 15 is 0 Å². The minimum Gasteiger partial charge on any atom is -0.495 e. The molecule has 1 aromatic rings. The lowest BCUT2D eigenvalue weighted by Crippen LogP contribution is -2.51. The number of nitrogens with one attached hydrogen (secondary N) is 3. The van der Waals surface area contributed by atoms with Crippen molar-refractivity contribution in [3.8, 4) is 5.75 Å². The van der Waals surface area contributed by atoms with E-state index in [2.05, 4.69) is 16.1 Å². The summed E-state index contributed by atoms with van der Waals surface area (Å²) < 4.78 is 32.8.